The first-order chi connectivity index (χ1) is 9.41. The number of methoxy groups -OCH3 is 1. The van der Waals surface area contributed by atoms with Crippen LogP contribution in [0.1, 0.15) is 36.8 Å². The van der Waals surface area contributed by atoms with Crippen LogP contribution in [0, 0.1) is 0 Å². The third-order valence-corrected chi connectivity index (χ3v) is 2.98. The molecule has 2 N–H and O–H groups in total. The topological polar surface area (TPSA) is 67.0 Å². The van der Waals surface area contributed by atoms with Gasteiger partial charge in [0.15, 0.2) is 5.82 Å². The Morgan fingerprint density at radius 1 is 1.30 bits per heavy atom. The Kier molecular flexibility index (Phi) is 3.79. The van der Waals surface area contributed by atoms with Crippen molar-refractivity contribution in [1.29, 1.82) is 0 Å². The maximum Gasteiger partial charge on any atom is 0.260 e. The van der Waals surface area contributed by atoms with Gasteiger partial charge in [0.1, 0.15) is 5.75 Å². The number of carbonyl (C=O) groups excluding carboxylic acids is 1. The van der Waals surface area contributed by atoms with Gasteiger partial charge in [-0.2, -0.15) is 5.10 Å². The lowest BCUT2D eigenvalue weighted by atomic mass is 9.92. The normalized spacial score (nSPS) is 11.2. The summed E-state index contributed by atoms with van der Waals surface area (Å²) < 4.78 is 5.17. The minimum Gasteiger partial charge on any atom is -0.496 e. The van der Waals surface area contributed by atoms with Gasteiger partial charge in [0, 0.05) is 17.2 Å². The summed E-state index contributed by atoms with van der Waals surface area (Å²) in [6, 6.07) is 8.92. The lowest BCUT2D eigenvalue weighted by molar-refractivity contribution is 0.102. The molecule has 20 heavy (non-hydrogen) atoms. The molecule has 2 aromatic rings. The molecular formula is C15H19N3O2. The number of rotatable bonds is 3. The molecule has 0 saturated heterocycles. The van der Waals surface area contributed by atoms with Crippen LogP contribution in [-0.2, 0) is 5.41 Å². The third-order valence-electron chi connectivity index (χ3n) is 2.98. The van der Waals surface area contributed by atoms with E-state index >= 15 is 0 Å². The predicted octanol–water partition coefficient (Wildman–Crippen LogP) is 2.97. The highest BCUT2D eigenvalue weighted by Gasteiger charge is 2.18. The van der Waals surface area contributed by atoms with E-state index in [1.54, 1.807) is 25.3 Å². The second-order valence-corrected chi connectivity index (χ2v) is 5.57. The number of hydrogen-bond acceptors (Lipinski definition) is 3. The van der Waals surface area contributed by atoms with Gasteiger partial charge in [-0.1, -0.05) is 32.9 Å². The minimum absolute atomic E-state index is 0.0413. The van der Waals surface area contributed by atoms with E-state index in [1.807, 2.05) is 12.1 Å². The van der Waals surface area contributed by atoms with Crippen LogP contribution in [0.2, 0.25) is 0 Å². The number of aromatic amines is 1. The van der Waals surface area contributed by atoms with Crippen LogP contribution in [-0.4, -0.2) is 23.2 Å². The second-order valence-electron chi connectivity index (χ2n) is 5.57. The predicted molar refractivity (Wildman–Crippen MR) is 78.2 cm³/mol. The molecule has 0 aliphatic rings. The van der Waals surface area contributed by atoms with Crippen LogP contribution in [0.5, 0.6) is 5.75 Å². The number of benzene rings is 1. The largest absolute Gasteiger partial charge is 0.496 e. The van der Waals surface area contributed by atoms with Crippen molar-refractivity contribution < 1.29 is 9.53 Å². The number of nitrogens with one attached hydrogen (secondary N) is 2. The van der Waals surface area contributed by atoms with E-state index in [4.69, 9.17) is 4.74 Å². The zero-order valence-corrected chi connectivity index (χ0v) is 12.2. The number of carbonyl (C=O) groups is 1. The molecule has 0 fully saturated rings. The summed E-state index contributed by atoms with van der Waals surface area (Å²) >= 11 is 0. The standard InChI is InChI=1S/C15H19N3O2/c1-15(2,3)12-9-13(18-17-12)16-14(19)10-7-5-6-8-11(10)20-4/h5-9H,1-4H3,(H2,16,17,18,19). The van der Waals surface area contributed by atoms with Crippen molar-refractivity contribution in [3.8, 4) is 5.75 Å². The maximum atomic E-state index is 12.2. The van der Waals surface area contributed by atoms with E-state index in [0.29, 0.717) is 17.1 Å². The zero-order valence-electron chi connectivity index (χ0n) is 12.2. The van der Waals surface area contributed by atoms with E-state index in [-0.39, 0.29) is 11.3 Å². The molecule has 2 rings (SSSR count). The van der Waals surface area contributed by atoms with Crippen LogP contribution >= 0.6 is 0 Å². The molecule has 106 valence electrons. The molecular weight excluding hydrogens is 254 g/mol. The summed E-state index contributed by atoms with van der Waals surface area (Å²) in [5.41, 5.74) is 1.41. The molecule has 1 aromatic heterocycles. The summed E-state index contributed by atoms with van der Waals surface area (Å²) in [5, 5.41) is 9.81. The van der Waals surface area contributed by atoms with Gasteiger partial charge in [0.25, 0.3) is 5.91 Å². The van der Waals surface area contributed by atoms with Gasteiger partial charge in [-0.3, -0.25) is 9.89 Å². The Bertz CT molecular complexity index is 612. The Morgan fingerprint density at radius 3 is 2.60 bits per heavy atom. The fraction of sp³-hybridized carbons (Fsp3) is 0.333. The van der Waals surface area contributed by atoms with Gasteiger partial charge >= 0.3 is 0 Å². The lowest BCUT2D eigenvalue weighted by Gasteiger charge is -2.14. The Morgan fingerprint density at radius 2 is 2.00 bits per heavy atom. The number of anilines is 1. The van der Waals surface area contributed by atoms with Crippen molar-refractivity contribution in [2.24, 2.45) is 0 Å². The molecule has 0 aliphatic carbocycles. The maximum absolute atomic E-state index is 12.2. The van der Waals surface area contributed by atoms with Crippen LogP contribution in [0.3, 0.4) is 0 Å². The van der Waals surface area contributed by atoms with E-state index in [0.717, 1.165) is 5.69 Å². The van der Waals surface area contributed by atoms with Gasteiger partial charge in [0.2, 0.25) is 0 Å². The molecule has 5 heteroatoms. The smallest absolute Gasteiger partial charge is 0.260 e. The number of nitrogens with zero attached hydrogens (tertiary/aromatic N) is 1. The molecule has 0 aliphatic heterocycles. The summed E-state index contributed by atoms with van der Waals surface area (Å²) in [6.07, 6.45) is 0. The van der Waals surface area contributed by atoms with Crippen molar-refractivity contribution in [2.75, 3.05) is 12.4 Å². The number of H-pyrrole nitrogens is 1. The first-order valence-corrected chi connectivity index (χ1v) is 6.42. The van der Waals surface area contributed by atoms with E-state index in [1.165, 1.54) is 0 Å². The quantitative estimate of drug-likeness (QED) is 0.903. The van der Waals surface area contributed by atoms with Crippen molar-refractivity contribution >= 4 is 11.7 Å². The summed E-state index contributed by atoms with van der Waals surface area (Å²) in [7, 11) is 1.54. The molecule has 1 aromatic carbocycles. The average Bonchev–Trinajstić information content (AvgIpc) is 2.87. The number of amides is 1. The molecule has 0 spiro atoms. The van der Waals surface area contributed by atoms with Gasteiger partial charge in [-0.05, 0) is 12.1 Å². The van der Waals surface area contributed by atoms with E-state index in [9.17, 15) is 4.79 Å². The highest BCUT2D eigenvalue weighted by atomic mass is 16.5. The molecule has 0 unspecified atom stereocenters. The molecule has 0 saturated carbocycles. The molecule has 0 bridgehead atoms. The first kappa shape index (κ1) is 14.1. The van der Waals surface area contributed by atoms with Crippen molar-refractivity contribution in [2.45, 2.75) is 26.2 Å². The van der Waals surface area contributed by atoms with E-state index < -0.39 is 0 Å². The second kappa shape index (κ2) is 5.36. The van der Waals surface area contributed by atoms with Crippen LogP contribution < -0.4 is 10.1 Å². The summed E-state index contributed by atoms with van der Waals surface area (Å²) in [4.78, 5) is 12.2. The SMILES string of the molecule is COc1ccccc1C(=O)Nc1cc(C(C)(C)C)[nH]n1. The van der Waals surface area contributed by atoms with Crippen molar-refractivity contribution in [1.82, 2.24) is 10.2 Å². The monoisotopic (exact) mass is 273 g/mol. The van der Waals surface area contributed by atoms with Crippen molar-refractivity contribution in [3.63, 3.8) is 0 Å². The van der Waals surface area contributed by atoms with Gasteiger partial charge in [-0.15, -0.1) is 0 Å². The van der Waals surface area contributed by atoms with Crippen LogP contribution in [0.4, 0.5) is 5.82 Å². The third kappa shape index (κ3) is 2.99. The highest BCUT2D eigenvalue weighted by Crippen LogP contribution is 2.23. The van der Waals surface area contributed by atoms with Crippen molar-refractivity contribution in [3.05, 3.63) is 41.6 Å². The summed E-state index contributed by atoms with van der Waals surface area (Å²) in [5.74, 6) is 0.803. The van der Waals surface area contributed by atoms with E-state index in [2.05, 4.69) is 36.3 Å². The van der Waals surface area contributed by atoms with Gasteiger partial charge in [-0.25, -0.2) is 0 Å². The van der Waals surface area contributed by atoms with Crippen LogP contribution in [0.15, 0.2) is 30.3 Å². The molecule has 1 heterocycles. The highest BCUT2D eigenvalue weighted by molar-refractivity contribution is 6.05. The van der Waals surface area contributed by atoms with Gasteiger partial charge in [0.05, 0.1) is 12.7 Å². The van der Waals surface area contributed by atoms with Gasteiger partial charge < -0.3 is 10.1 Å². The average molecular weight is 273 g/mol. The number of para-hydroxylation sites is 1. The molecule has 0 radical (unpaired) electrons. The molecule has 0 atom stereocenters. The molecule has 5 nitrogen and oxygen atoms in total. The van der Waals surface area contributed by atoms with Crippen LogP contribution in [0.25, 0.3) is 0 Å². The summed E-state index contributed by atoms with van der Waals surface area (Å²) in [6.45, 7) is 6.23. The minimum atomic E-state index is -0.241. The Hall–Kier alpha value is -2.30. The Labute approximate surface area is 118 Å². The fourth-order valence-corrected chi connectivity index (χ4v) is 1.79. The number of hydrogen-bond donors (Lipinski definition) is 2. The lowest BCUT2D eigenvalue weighted by Crippen LogP contribution is -2.13. The Balaban J connectivity index is 2.18. The number of ether oxygens (including phenoxy) is 1. The first-order valence-electron chi connectivity index (χ1n) is 6.42. The number of aromatic nitrogens is 2. The zero-order chi connectivity index (χ0) is 14.8. The molecule has 1 amide bonds. The fourth-order valence-electron chi connectivity index (χ4n) is 1.79.